The fourth-order valence-corrected chi connectivity index (χ4v) is 0.892. The predicted octanol–water partition coefficient (Wildman–Crippen LogP) is 1.97. The van der Waals surface area contributed by atoms with Crippen molar-refractivity contribution in [2.45, 2.75) is 6.04 Å². The fourth-order valence-electron chi connectivity index (χ4n) is 0.766. The standard InChI is InChI=1S/C9H8ClN/c1-2-9(11)7-3-5-8(10)6-4-7/h1,3-6,9H,11H2. The minimum atomic E-state index is -0.327. The molecular formula is C9H8ClN. The highest BCUT2D eigenvalue weighted by Crippen LogP contribution is 2.13. The predicted molar refractivity (Wildman–Crippen MR) is 47.2 cm³/mol. The monoisotopic (exact) mass is 165 g/mol. The van der Waals surface area contributed by atoms with Crippen molar-refractivity contribution in [3.05, 3.63) is 34.9 Å². The van der Waals surface area contributed by atoms with E-state index < -0.39 is 0 Å². The largest absolute Gasteiger partial charge is 0.314 e. The fraction of sp³-hybridized carbons (Fsp3) is 0.111. The summed E-state index contributed by atoms with van der Waals surface area (Å²) in [7, 11) is 0. The first-order chi connectivity index (χ1) is 5.24. The van der Waals surface area contributed by atoms with Crippen LogP contribution in [0.1, 0.15) is 11.6 Å². The molecule has 1 rings (SSSR count). The van der Waals surface area contributed by atoms with Crippen LogP contribution in [0.2, 0.25) is 5.02 Å². The van der Waals surface area contributed by atoms with E-state index >= 15 is 0 Å². The van der Waals surface area contributed by atoms with E-state index in [1.807, 2.05) is 12.1 Å². The zero-order chi connectivity index (χ0) is 8.27. The Balaban J connectivity index is 2.92. The molecule has 1 aromatic carbocycles. The minimum absolute atomic E-state index is 0.327. The van der Waals surface area contributed by atoms with Crippen LogP contribution in [0.25, 0.3) is 0 Å². The summed E-state index contributed by atoms with van der Waals surface area (Å²) < 4.78 is 0. The first-order valence-electron chi connectivity index (χ1n) is 3.21. The molecule has 0 aliphatic carbocycles. The summed E-state index contributed by atoms with van der Waals surface area (Å²) in [5.74, 6) is 2.44. The number of hydrogen-bond acceptors (Lipinski definition) is 1. The quantitative estimate of drug-likeness (QED) is 0.633. The molecule has 0 bridgehead atoms. The van der Waals surface area contributed by atoms with Crippen LogP contribution in [0.5, 0.6) is 0 Å². The second kappa shape index (κ2) is 3.43. The number of terminal acetylenes is 1. The van der Waals surface area contributed by atoms with E-state index in [2.05, 4.69) is 5.92 Å². The smallest absolute Gasteiger partial charge is 0.0918 e. The van der Waals surface area contributed by atoms with Crippen LogP contribution in [-0.2, 0) is 0 Å². The topological polar surface area (TPSA) is 26.0 Å². The zero-order valence-corrected chi connectivity index (χ0v) is 6.68. The molecule has 0 aromatic heterocycles. The van der Waals surface area contributed by atoms with Crippen LogP contribution in [0.4, 0.5) is 0 Å². The van der Waals surface area contributed by atoms with Gasteiger partial charge in [-0.1, -0.05) is 29.7 Å². The summed E-state index contributed by atoms with van der Waals surface area (Å²) in [5, 5.41) is 0.693. The molecule has 1 nitrogen and oxygen atoms in total. The second-order valence-electron chi connectivity index (χ2n) is 2.20. The first-order valence-corrected chi connectivity index (χ1v) is 3.59. The van der Waals surface area contributed by atoms with Gasteiger partial charge in [-0.2, -0.15) is 0 Å². The van der Waals surface area contributed by atoms with Crippen molar-refractivity contribution in [2.75, 3.05) is 0 Å². The van der Waals surface area contributed by atoms with Crippen LogP contribution in [0.3, 0.4) is 0 Å². The SMILES string of the molecule is C#CC(N)c1ccc(Cl)cc1. The third kappa shape index (κ3) is 1.98. The molecule has 0 saturated heterocycles. The summed E-state index contributed by atoms with van der Waals surface area (Å²) >= 11 is 5.67. The first kappa shape index (κ1) is 8.13. The lowest BCUT2D eigenvalue weighted by Gasteiger charge is -2.02. The third-order valence-corrected chi connectivity index (χ3v) is 1.66. The zero-order valence-electron chi connectivity index (χ0n) is 5.92. The molecular weight excluding hydrogens is 158 g/mol. The Bertz CT molecular complexity index is 271. The van der Waals surface area contributed by atoms with Crippen LogP contribution in [0, 0.1) is 12.3 Å². The number of hydrogen-bond donors (Lipinski definition) is 1. The van der Waals surface area contributed by atoms with Gasteiger partial charge >= 0.3 is 0 Å². The molecule has 56 valence electrons. The molecule has 0 radical (unpaired) electrons. The normalized spacial score (nSPS) is 12.1. The third-order valence-electron chi connectivity index (χ3n) is 1.41. The van der Waals surface area contributed by atoms with E-state index in [4.69, 9.17) is 23.8 Å². The van der Waals surface area contributed by atoms with Crippen molar-refractivity contribution < 1.29 is 0 Å². The molecule has 0 amide bonds. The second-order valence-corrected chi connectivity index (χ2v) is 2.63. The molecule has 0 heterocycles. The van der Waals surface area contributed by atoms with Crippen molar-refractivity contribution >= 4 is 11.6 Å². The number of benzene rings is 1. The van der Waals surface area contributed by atoms with Gasteiger partial charge in [-0.3, -0.25) is 0 Å². The lowest BCUT2D eigenvalue weighted by atomic mass is 10.1. The molecule has 11 heavy (non-hydrogen) atoms. The average Bonchev–Trinajstić information content (AvgIpc) is 2.05. The molecule has 0 fully saturated rings. The maximum atomic E-state index is 5.67. The van der Waals surface area contributed by atoms with Crippen molar-refractivity contribution in [3.8, 4) is 12.3 Å². The molecule has 2 heteroatoms. The van der Waals surface area contributed by atoms with Gasteiger partial charge in [0.2, 0.25) is 0 Å². The van der Waals surface area contributed by atoms with Crippen LogP contribution in [0.15, 0.2) is 24.3 Å². The summed E-state index contributed by atoms with van der Waals surface area (Å²) in [6, 6.07) is 6.87. The Kier molecular flexibility index (Phi) is 2.53. The van der Waals surface area contributed by atoms with Crippen molar-refractivity contribution in [3.63, 3.8) is 0 Å². The van der Waals surface area contributed by atoms with E-state index in [1.165, 1.54) is 0 Å². The molecule has 0 spiro atoms. The van der Waals surface area contributed by atoms with Crippen molar-refractivity contribution in [1.29, 1.82) is 0 Å². The average molecular weight is 166 g/mol. The van der Waals surface area contributed by atoms with Gasteiger partial charge < -0.3 is 5.73 Å². The van der Waals surface area contributed by atoms with E-state index in [1.54, 1.807) is 12.1 Å². The highest BCUT2D eigenvalue weighted by Gasteiger charge is 1.99. The molecule has 0 saturated carbocycles. The van der Waals surface area contributed by atoms with E-state index in [-0.39, 0.29) is 6.04 Å². The molecule has 0 aliphatic heterocycles. The minimum Gasteiger partial charge on any atom is -0.314 e. The highest BCUT2D eigenvalue weighted by atomic mass is 35.5. The molecule has 2 N–H and O–H groups in total. The van der Waals surface area contributed by atoms with E-state index in [0.29, 0.717) is 5.02 Å². The number of nitrogens with two attached hydrogens (primary N) is 1. The van der Waals surface area contributed by atoms with Gasteiger partial charge in [0, 0.05) is 5.02 Å². The Labute approximate surface area is 71.2 Å². The maximum Gasteiger partial charge on any atom is 0.0918 e. The Morgan fingerprint density at radius 1 is 1.36 bits per heavy atom. The van der Waals surface area contributed by atoms with Gasteiger partial charge in [-0.25, -0.2) is 0 Å². The van der Waals surface area contributed by atoms with Crippen LogP contribution >= 0.6 is 11.6 Å². The van der Waals surface area contributed by atoms with Crippen LogP contribution < -0.4 is 5.73 Å². The van der Waals surface area contributed by atoms with Gasteiger partial charge in [-0.15, -0.1) is 6.42 Å². The number of rotatable bonds is 1. The van der Waals surface area contributed by atoms with Crippen LogP contribution in [-0.4, -0.2) is 0 Å². The lowest BCUT2D eigenvalue weighted by molar-refractivity contribution is 0.947. The van der Waals surface area contributed by atoms with E-state index in [9.17, 15) is 0 Å². The highest BCUT2D eigenvalue weighted by molar-refractivity contribution is 6.30. The van der Waals surface area contributed by atoms with Crippen molar-refractivity contribution in [2.24, 2.45) is 5.73 Å². The number of halogens is 1. The van der Waals surface area contributed by atoms with Gasteiger partial charge in [-0.05, 0) is 17.7 Å². The van der Waals surface area contributed by atoms with Gasteiger partial charge in [0.05, 0.1) is 6.04 Å². The lowest BCUT2D eigenvalue weighted by Crippen LogP contribution is -2.06. The van der Waals surface area contributed by atoms with Gasteiger partial charge in [0.15, 0.2) is 0 Å². The summed E-state index contributed by atoms with van der Waals surface area (Å²) in [6.07, 6.45) is 5.13. The molecule has 1 atom stereocenters. The summed E-state index contributed by atoms with van der Waals surface area (Å²) in [5.41, 5.74) is 6.48. The summed E-state index contributed by atoms with van der Waals surface area (Å²) in [4.78, 5) is 0. The van der Waals surface area contributed by atoms with Crippen molar-refractivity contribution in [1.82, 2.24) is 0 Å². The van der Waals surface area contributed by atoms with Gasteiger partial charge in [0.25, 0.3) is 0 Å². The Morgan fingerprint density at radius 2 is 1.91 bits per heavy atom. The van der Waals surface area contributed by atoms with Gasteiger partial charge in [0.1, 0.15) is 0 Å². The molecule has 0 aliphatic rings. The molecule has 1 aromatic rings. The maximum absolute atomic E-state index is 5.67. The Hall–Kier alpha value is -0.970. The summed E-state index contributed by atoms with van der Waals surface area (Å²) in [6.45, 7) is 0. The Morgan fingerprint density at radius 3 is 2.36 bits per heavy atom. The molecule has 1 unspecified atom stereocenters. The van der Waals surface area contributed by atoms with E-state index in [0.717, 1.165) is 5.56 Å².